The molecule has 0 aromatic heterocycles. The van der Waals surface area contributed by atoms with Crippen LogP contribution in [0.1, 0.15) is 19.3 Å². The molecule has 0 radical (unpaired) electrons. The van der Waals surface area contributed by atoms with Crippen LogP contribution >= 0.6 is 0 Å². The van der Waals surface area contributed by atoms with Gasteiger partial charge in [-0.3, -0.25) is 0 Å². The van der Waals surface area contributed by atoms with Crippen LogP contribution in [0.2, 0.25) is 0 Å². The van der Waals surface area contributed by atoms with Gasteiger partial charge < -0.3 is 26.2 Å². The standard InChI is InChI=1S/C6H15NO2.CH2O3/c7-4-3-6(9)2-1-5-8;2-1(3)4/h6,8-9H,1-5,7H2;(H2,2,3,4). The van der Waals surface area contributed by atoms with Gasteiger partial charge in [0.05, 0.1) is 6.10 Å². The van der Waals surface area contributed by atoms with Crippen LogP contribution in [0.25, 0.3) is 0 Å². The molecule has 0 aliphatic rings. The Balaban J connectivity index is 0. The molecule has 0 spiro atoms. The largest absolute Gasteiger partial charge is 0.503 e. The average Bonchev–Trinajstić information content (AvgIpc) is 2.00. The number of hydrogen-bond acceptors (Lipinski definition) is 4. The van der Waals surface area contributed by atoms with E-state index in [4.69, 9.17) is 31.0 Å². The summed E-state index contributed by atoms with van der Waals surface area (Å²) in [6.07, 6.45) is -0.184. The maximum atomic E-state index is 8.99. The zero-order chi connectivity index (χ0) is 10.7. The predicted molar refractivity (Wildman–Crippen MR) is 46.7 cm³/mol. The van der Waals surface area contributed by atoms with Gasteiger partial charge in [-0.05, 0) is 25.8 Å². The first-order chi connectivity index (χ1) is 6.04. The summed E-state index contributed by atoms with van der Waals surface area (Å²) in [5.41, 5.74) is 5.18. The van der Waals surface area contributed by atoms with E-state index in [1.807, 2.05) is 0 Å². The molecule has 0 saturated carbocycles. The Morgan fingerprint density at radius 2 is 1.77 bits per heavy atom. The Labute approximate surface area is 76.6 Å². The molecule has 0 aromatic rings. The second-order valence-electron chi connectivity index (χ2n) is 2.38. The quantitative estimate of drug-likeness (QED) is 0.410. The Morgan fingerprint density at radius 3 is 2.08 bits per heavy atom. The third-order valence-electron chi connectivity index (χ3n) is 1.20. The molecule has 6 nitrogen and oxygen atoms in total. The van der Waals surface area contributed by atoms with Gasteiger partial charge in [-0.1, -0.05) is 0 Å². The van der Waals surface area contributed by atoms with Crippen LogP contribution < -0.4 is 5.73 Å². The summed E-state index contributed by atoms with van der Waals surface area (Å²) in [5.74, 6) is 0. The van der Waals surface area contributed by atoms with Crippen molar-refractivity contribution in [2.75, 3.05) is 13.2 Å². The van der Waals surface area contributed by atoms with Crippen molar-refractivity contribution < 1.29 is 25.2 Å². The van der Waals surface area contributed by atoms with Gasteiger partial charge >= 0.3 is 6.16 Å². The second kappa shape index (κ2) is 11.2. The molecule has 13 heavy (non-hydrogen) atoms. The van der Waals surface area contributed by atoms with Crippen molar-refractivity contribution in [3.63, 3.8) is 0 Å². The number of hydrogen-bond donors (Lipinski definition) is 5. The van der Waals surface area contributed by atoms with Gasteiger partial charge in [0.15, 0.2) is 0 Å². The normalized spacial score (nSPS) is 11.3. The number of rotatable bonds is 5. The third kappa shape index (κ3) is 24.7. The molecule has 0 aliphatic carbocycles. The molecule has 0 saturated heterocycles. The van der Waals surface area contributed by atoms with Gasteiger partial charge in [0.2, 0.25) is 0 Å². The van der Waals surface area contributed by atoms with E-state index in [1.165, 1.54) is 0 Å². The van der Waals surface area contributed by atoms with Crippen molar-refractivity contribution in [2.24, 2.45) is 5.73 Å². The number of aliphatic hydroxyl groups is 2. The molecule has 6 N–H and O–H groups in total. The summed E-state index contributed by atoms with van der Waals surface area (Å²) in [5, 5.41) is 31.3. The molecule has 1 atom stereocenters. The molecule has 0 bridgehead atoms. The lowest BCUT2D eigenvalue weighted by Crippen LogP contribution is -2.13. The number of nitrogens with two attached hydrogens (primary N) is 1. The first kappa shape index (κ1) is 14.7. The van der Waals surface area contributed by atoms with Gasteiger partial charge in [0.1, 0.15) is 0 Å². The van der Waals surface area contributed by atoms with Crippen LogP contribution in [0.3, 0.4) is 0 Å². The number of aliphatic hydroxyl groups excluding tert-OH is 2. The first-order valence-corrected chi connectivity index (χ1v) is 3.95. The molecule has 80 valence electrons. The van der Waals surface area contributed by atoms with Gasteiger partial charge in [0, 0.05) is 6.61 Å². The molecule has 1 unspecified atom stereocenters. The summed E-state index contributed by atoms with van der Waals surface area (Å²) in [4.78, 5) is 8.56. The lowest BCUT2D eigenvalue weighted by molar-refractivity contribution is 0.137. The van der Waals surface area contributed by atoms with Gasteiger partial charge in [-0.25, -0.2) is 4.79 Å². The smallest absolute Gasteiger partial charge is 0.450 e. The molecule has 0 fully saturated rings. The van der Waals surface area contributed by atoms with Crippen LogP contribution in [-0.2, 0) is 0 Å². The minimum absolute atomic E-state index is 0.154. The highest BCUT2D eigenvalue weighted by molar-refractivity contribution is 5.53. The fourth-order valence-electron chi connectivity index (χ4n) is 0.664. The minimum Gasteiger partial charge on any atom is -0.450 e. The van der Waals surface area contributed by atoms with Crippen molar-refractivity contribution in [3.8, 4) is 0 Å². The van der Waals surface area contributed by atoms with Crippen molar-refractivity contribution in [1.82, 2.24) is 0 Å². The highest BCUT2D eigenvalue weighted by Crippen LogP contribution is 1.98. The highest BCUT2D eigenvalue weighted by Gasteiger charge is 1.99. The summed E-state index contributed by atoms with van der Waals surface area (Å²) in [7, 11) is 0. The van der Waals surface area contributed by atoms with Crippen LogP contribution in [0.4, 0.5) is 4.79 Å². The van der Waals surface area contributed by atoms with Crippen molar-refractivity contribution in [2.45, 2.75) is 25.4 Å². The van der Waals surface area contributed by atoms with Crippen LogP contribution in [0, 0.1) is 0 Å². The van der Waals surface area contributed by atoms with Gasteiger partial charge in [-0.2, -0.15) is 0 Å². The lowest BCUT2D eigenvalue weighted by atomic mass is 10.1. The number of carbonyl (C=O) groups is 1. The maximum Gasteiger partial charge on any atom is 0.503 e. The summed E-state index contributed by atoms with van der Waals surface area (Å²) in [6, 6.07) is 0. The van der Waals surface area contributed by atoms with Crippen LogP contribution in [-0.4, -0.2) is 45.8 Å². The Kier molecular flexibility index (Phi) is 12.6. The van der Waals surface area contributed by atoms with Gasteiger partial charge in [-0.15, -0.1) is 0 Å². The fourth-order valence-corrected chi connectivity index (χ4v) is 0.664. The molecule has 0 amide bonds. The highest BCUT2D eigenvalue weighted by atomic mass is 16.6. The van der Waals surface area contributed by atoms with E-state index >= 15 is 0 Å². The van der Waals surface area contributed by atoms with Gasteiger partial charge in [0.25, 0.3) is 0 Å². The molecule has 0 aliphatic heterocycles. The molecular weight excluding hydrogens is 178 g/mol. The fraction of sp³-hybridized carbons (Fsp3) is 0.857. The Morgan fingerprint density at radius 1 is 1.31 bits per heavy atom. The summed E-state index contributed by atoms with van der Waals surface area (Å²) >= 11 is 0. The predicted octanol–water partition coefficient (Wildman–Crippen LogP) is -0.309. The first-order valence-electron chi connectivity index (χ1n) is 3.95. The average molecular weight is 195 g/mol. The van der Waals surface area contributed by atoms with E-state index in [1.54, 1.807) is 0 Å². The third-order valence-corrected chi connectivity index (χ3v) is 1.20. The second-order valence-corrected chi connectivity index (χ2v) is 2.38. The molecular formula is C7H17NO5. The zero-order valence-corrected chi connectivity index (χ0v) is 7.39. The van der Waals surface area contributed by atoms with E-state index in [-0.39, 0.29) is 12.7 Å². The SMILES string of the molecule is NCCC(O)CCCO.O=C(O)O. The maximum absolute atomic E-state index is 8.99. The van der Waals surface area contributed by atoms with Crippen molar-refractivity contribution in [3.05, 3.63) is 0 Å². The van der Waals surface area contributed by atoms with Crippen LogP contribution in [0.5, 0.6) is 0 Å². The minimum atomic E-state index is -1.83. The summed E-state index contributed by atoms with van der Waals surface area (Å²) < 4.78 is 0. The molecule has 0 aromatic carbocycles. The van der Waals surface area contributed by atoms with E-state index in [2.05, 4.69) is 0 Å². The molecule has 0 heterocycles. The zero-order valence-electron chi connectivity index (χ0n) is 7.39. The topological polar surface area (TPSA) is 124 Å². The van der Waals surface area contributed by atoms with Crippen molar-refractivity contribution in [1.29, 1.82) is 0 Å². The Hall–Kier alpha value is -0.850. The van der Waals surface area contributed by atoms with E-state index in [9.17, 15) is 0 Å². The Bertz CT molecular complexity index is 115. The van der Waals surface area contributed by atoms with E-state index in [0.717, 1.165) is 0 Å². The molecule has 0 rings (SSSR count). The monoisotopic (exact) mass is 195 g/mol. The van der Waals surface area contributed by atoms with E-state index < -0.39 is 6.16 Å². The van der Waals surface area contributed by atoms with Crippen molar-refractivity contribution >= 4 is 6.16 Å². The molecule has 6 heteroatoms. The van der Waals surface area contributed by atoms with E-state index in [0.29, 0.717) is 25.8 Å². The summed E-state index contributed by atoms with van der Waals surface area (Å²) in [6.45, 7) is 0.675. The van der Waals surface area contributed by atoms with Crippen LogP contribution in [0.15, 0.2) is 0 Å². The number of carboxylic acid groups (broad SMARTS) is 2. The lowest BCUT2D eigenvalue weighted by Gasteiger charge is -2.05.